The molecule has 1 heterocycles. The van der Waals surface area contributed by atoms with E-state index in [-0.39, 0.29) is 17.2 Å². The molecule has 12 heteroatoms. The Morgan fingerprint density at radius 1 is 1.00 bits per heavy atom. The highest BCUT2D eigenvalue weighted by atomic mass is 32.1. The highest BCUT2D eigenvalue weighted by Crippen LogP contribution is 2.31. The molecule has 1 aromatic heterocycles. The minimum absolute atomic E-state index is 0.169. The summed E-state index contributed by atoms with van der Waals surface area (Å²) in [5.41, 5.74) is 1.24. The first-order valence-corrected chi connectivity index (χ1v) is 10.3. The fourth-order valence-corrected chi connectivity index (χ4v) is 3.17. The highest BCUT2D eigenvalue weighted by Gasteiger charge is 2.30. The average molecular weight is 491 g/mol. The molecule has 2 N–H and O–H groups in total. The Labute approximate surface area is 195 Å². The molecule has 0 bridgehead atoms. The lowest BCUT2D eigenvalue weighted by Crippen LogP contribution is -2.32. The number of rotatable bonds is 6. The number of hydrogen-bond acceptors (Lipinski definition) is 7. The summed E-state index contributed by atoms with van der Waals surface area (Å²) in [5.74, 6) is -2.55. The van der Waals surface area contributed by atoms with E-state index in [0.717, 1.165) is 12.1 Å². The summed E-state index contributed by atoms with van der Waals surface area (Å²) in [4.78, 5) is 36.3. The summed E-state index contributed by atoms with van der Waals surface area (Å²) in [7, 11) is 1.37. The molecular weight excluding hydrogens is 475 g/mol. The van der Waals surface area contributed by atoms with Gasteiger partial charge in [0.15, 0.2) is 11.5 Å². The Morgan fingerprint density at radius 3 is 2.47 bits per heavy atom. The van der Waals surface area contributed by atoms with E-state index in [1.165, 1.54) is 48.9 Å². The van der Waals surface area contributed by atoms with Crippen LogP contribution in [0.5, 0.6) is 11.5 Å². The monoisotopic (exact) mass is 491 g/mol. The zero-order valence-electron chi connectivity index (χ0n) is 17.4. The SMILES string of the molecule is COc1cc(/C=N/NC(=O)C(=O)Nc2cccc(C(F)(F)F)c2)ccc1OC(=O)c1cccs1. The maximum atomic E-state index is 12.8. The first-order valence-electron chi connectivity index (χ1n) is 9.42. The van der Waals surface area contributed by atoms with Crippen molar-refractivity contribution in [1.29, 1.82) is 0 Å². The number of anilines is 1. The molecule has 0 aliphatic carbocycles. The highest BCUT2D eigenvalue weighted by molar-refractivity contribution is 7.12. The standard InChI is InChI=1S/C22H16F3N3O5S/c1-32-17-10-13(7-8-16(17)33-21(31)18-6-3-9-34-18)12-26-28-20(30)19(29)27-15-5-2-4-14(11-15)22(23,24)25/h2-12H,1H3,(H,27,29)(H,28,30)/b26-12+. The van der Waals surface area contributed by atoms with Crippen molar-refractivity contribution in [3.8, 4) is 11.5 Å². The number of alkyl halides is 3. The Bertz CT molecular complexity index is 1230. The molecule has 3 aromatic rings. The van der Waals surface area contributed by atoms with Crippen molar-refractivity contribution >= 4 is 41.0 Å². The van der Waals surface area contributed by atoms with Gasteiger partial charge in [-0.15, -0.1) is 11.3 Å². The molecule has 3 rings (SSSR count). The third-order valence-electron chi connectivity index (χ3n) is 4.15. The lowest BCUT2D eigenvalue weighted by molar-refractivity contribution is -0.137. The van der Waals surface area contributed by atoms with Crippen molar-refractivity contribution < 1.29 is 37.0 Å². The fraction of sp³-hybridized carbons (Fsp3) is 0.0909. The van der Waals surface area contributed by atoms with Crippen molar-refractivity contribution in [3.63, 3.8) is 0 Å². The molecular formula is C22H16F3N3O5S. The summed E-state index contributed by atoms with van der Waals surface area (Å²) in [5, 5.41) is 7.44. The van der Waals surface area contributed by atoms with Crippen LogP contribution in [0, 0.1) is 0 Å². The van der Waals surface area contributed by atoms with E-state index in [1.54, 1.807) is 17.5 Å². The van der Waals surface area contributed by atoms with Gasteiger partial charge in [-0.1, -0.05) is 12.1 Å². The van der Waals surface area contributed by atoms with E-state index in [1.807, 2.05) is 5.43 Å². The van der Waals surface area contributed by atoms with Crippen LogP contribution in [0.1, 0.15) is 20.8 Å². The van der Waals surface area contributed by atoms with Gasteiger partial charge in [0.2, 0.25) is 0 Å². The number of esters is 1. The number of methoxy groups -OCH3 is 1. The normalized spacial score (nSPS) is 11.2. The zero-order chi connectivity index (χ0) is 24.7. The molecule has 176 valence electrons. The second-order valence-corrected chi connectivity index (χ2v) is 7.46. The quantitative estimate of drug-likeness (QED) is 0.178. The summed E-state index contributed by atoms with van der Waals surface area (Å²) < 4.78 is 48.8. The molecule has 0 saturated heterocycles. The van der Waals surface area contributed by atoms with Gasteiger partial charge in [-0.2, -0.15) is 18.3 Å². The van der Waals surface area contributed by atoms with Crippen LogP contribution >= 0.6 is 11.3 Å². The van der Waals surface area contributed by atoms with Crippen LogP contribution in [0.2, 0.25) is 0 Å². The van der Waals surface area contributed by atoms with Gasteiger partial charge in [-0.05, 0) is 53.4 Å². The molecule has 8 nitrogen and oxygen atoms in total. The van der Waals surface area contributed by atoms with Crippen molar-refractivity contribution in [1.82, 2.24) is 5.43 Å². The van der Waals surface area contributed by atoms with Crippen LogP contribution in [0.15, 0.2) is 65.1 Å². The number of ether oxygens (including phenoxy) is 2. The first kappa shape index (κ1) is 24.5. The van der Waals surface area contributed by atoms with Gasteiger partial charge < -0.3 is 14.8 Å². The average Bonchev–Trinajstić information content (AvgIpc) is 3.34. The van der Waals surface area contributed by atoms with Gasteiger partial charge in [0, 0.05) is 5.69 Å². The fourth-order valence-electron chi connectivity index (χ4n) is 2.57. The van der Waals surface area contributed by atoms with Crippen LogP contribution in [0.4, 0.5) is 18.9 Å². The smallest absolute Gasteiger partial charge is 0.416 e. The summed E-state index contributed by atoms with van der Waals surface area (Å²) >= 11 is 1.23. The Balaban J connectivity index is 1.59. The van der Waals surface area contributed by atoms with Crippen molar-refractivity contribution in [2.24, 2.45) is 5.10 Å². The van der Waals surface area contributed by atoms with Crippen LogP contribution in [-0.2, 0) is 15.8 Å². The third-order valence-corrected chi connectivity index (χ3v) is 5.00. The molecule has 0 unspecified atom stereocenters. The summed E-state index contributed by atoms with van der Waals surface area (Å²) in [6.45, 7) is 0. The van der Waals surface area contributed by atoms with Crippen LogP contribution in [0.3, 0.4) is 0 Å². The molecule has 0 fully saturated rings. The maximum Gasteiger partial charge on any atom is 0.416 e. The van der Waals surface area contributed by atoms with E-state index < -0.39 is 29.5 Å². The molecule has 34 heavy (non-hydrogen) atoms. The summed E-state index contributed by atoms with van der Waals surface area (Å²) in [6, 6.07) is 11.7. The predicted octanol–water partition coefficient (Wildman–Crippen LogP) is 4.08. The molecule has 2 aromatic carbocycles. The topological polar surface area (TPSA) is 106 Å². The van der Waals surface area contributed by atoms with Crippen molar-refractivity contribution in [2.75, 3.05) is 12.4 Å². The predicted molar refractivity (Wildman–Crippen MR) is 118 cm³/mol. The Hall–Kier alpha value is -4.19. The first-order chi connectivity index (χ1) is 16.2. The molecule has 0 spiro atoms. The van der Waals surface area contributed by atoms with Crippen LogP contribution in [0.25, 0.3) is 0 Å². The number of hydrogen-bond donors (Lipinski definition) is 2. The maximum absolute atomic E-state index is 12.8. The molecule has 0 atom stereocenters. The minimum atomic E-state index is -4.59. The number of carbonyl (C=O) groups is 3. The van der Waals surface area contributed by atoms with Gasteiger partial charge in [-0.3, -0.25) is 9.59 Å². The Morgan fingerprint density at radius 2 is 1.79 bits per heavy atom. The number of nitrogens with zero attached hydrogens (tertiary/aromatic N) is 1. The summed E-state index contributed by atoms with van der Waals surface area (Å²) in [6.07, 6.45) is -3.39. The van der Waals surface area contributed by atoms with Crippen molar-refractivity contribution in [2.45, 2.75) is 6.18 Å². The van der Waals surface area contributed by atoms with E-state index >= 15 is 0 Å². The number of amides is 2. The van der Waals surface area contributed by atoms with Gasteiger partial charge in [0.05, 0.1) is 18.9 Å². The zero-order valence-corrected chi connectivity index (χ0v) is 18.2. The molecule has 0 aliphatic rings. The number of nitrogens with one attached hydrogen (secondary N) is 2. The van der Waals surface area contributed by atoms with E-state index in [9.17, 15) is 27.6 Å². The van der Waals surface area contributed by atoms with E-state index in [0.29, 0.717) is 16.5 Å². The van der Waals surface area contributed by atoms with Crippen LogP contribution < -0.4 is 20.2 Å². The van der Waals surface area contributed by atoms with Gasteiger partial charge in [-0.25, -0.2) is 10.2 Å². The minimum Gasteiger partial charge on any atom is -0.493 e. The van der Waals surface area contributed by atoms with Crippen LogP contribution in [-0.4, -0.2) is 31.1 Å². The van der Waals surface area contributed by atoms with Gasteiger partial charge >= 0.3 is 24.0 Å². The number of hydrazone groups is 1. The number of benzene rings is 2. The van der Waals surface area contributed by atoms with Crippen molar-refractivity contribution in [3.05, 3.63) is 76.0 Å². The number of halogens is 3. The molecule has 0 radical (unpaired) electrons. The second kappa shape index (κ2) is 10.6. The van der Waals surface area contributed by atoms with E-state index in [2.05, 4.69) is 10.4 Å². The largest absolute Gasteiger partial charge is 0.493 e. The molecule has 0 saturated carbocycles. The third kappa shape index (κ3) is 6.42. The number of carbonyl (C=O) groups excluding carboxylic acids is 3. The van der Waals surface area contributed by atoms with Gasteiger partial charge in [0.25, 0.3) is 0 Å². The number of thiophene rings is 1. The second-order valence-electron chi connectivity index (χ2n) is 6.51. The molecule has 0 aliphatic heterocycles. The molecule has 2 amide bonds. The van der Waals surface area contributed by atoms with E-state index in [4.69, 9.17) is 9.47 Å². The lowest BCUT2D eigenvalue weighted by Gasteiger charge is -2.09. The Kier molecular flexibility index (Phi) is 7.64. The van der Waals surface area contributed by atoms with Gasteiger partial charge in [0.1, 0.15) is 4.88 Å². The lowest BCUT2D eigenvalue weighted by atomic mass is 10.2.